The van der Waals surface area contributed by atoms with E-state index in [2.05, 4.69) is 15.9 Å². The average molecular weight is 306 g/mol. The van der Waals surface area contributed by atoms with E-state index >= 15 is 0 Å². The SMILES string of the molecule is Cc1ccccc1OC(CN)c1cccc(Br)c1. The van der Waals surface area contributed by atoms with E-state index in [1.807, 2.05) is 55.5 Å². The maximum absolute atomic E-state index is 5.99. The lowest BCUT2D eigenvalue weighted by atomic mass is 10.1. The molecule has 94 valence electrons. The van der Waals surface area contributed by atoms with Crippen LogP contribution in [0.5, 0.6) is 5.75 Å². The van der Waals surface area contributed by atoms with Crippen LogP contribution in [0.25, 0.3) is 0 Å². The number of benzene rings is 2. The van der Waals surface area contributed by atoms with Gasteiger partial charge in [-0.2, -0.15) is 0 Å². The number of para-hydroxylation sites is 1. The van der Waals surface area contributed by atoms with Gasteiger partial charge < -0.3 is 10.5 Å². The van der Waals surface area contributed by atoms with Crippen LogP contribution in [-0.2, 0) is 0 Å². The van der Waals surface area contributed by atoms with E-state index in [0.29, 0.717) is 6.54 Å². The smallest absolute Gasteiger partial charge is 0.136 e. The maximum Gasteiger partial charge on any atom is 0.136 e. The molecule has 18 heavy (non-hydrogen) atoms. The van der Waals surface area contributed by atoms with Crippen molar-refractivity contribution >= 4 is 15.9 Å². The van der Waals surface area contributed by atoms with Gasteiger partial charge in [0.05, 0.1) is 0 Å². The Labute approximate surface area is 116 Å². The fourth-order valence-electron chi connectivity index (χ4n) is 1.80. The first-order chi connectivity index (χ1) is 8.70. The molecule has 1 atom stereocenters. The standard InChI is InChI=1S/C15H16BrNO/c1-11-5-2-3-8-14(11)18-15(10-17)12-6-4-7-13(16)9-12/h2-9,15H,10,17H2,1H3. The minimum atomic E-state index is -0.122. The lowest BCUT2D eigenvalue weighted by Gasteiger charge is -2.19. The molecule has 0 aliphatic carbocycles. The van der Waals surface area contributed by atoms with Gasteiger partial charge in [-0.1, -0.05) is 46.3 Å². The van der Waals surface area contributed by atoms with E-state index in [1.54, 1.807) is 0 Å². The van der Waals surface area contributed by atoms with Crippen LogP contribution in [0.2, 0.25) is 0 Å². The highest BCUT2D eigenvalue weighted by molar-refractivity contribution is 9.10. The number of rotatable bonds is 4. The van der Waals surface area contributed by atoms with Gasteiger partial charge in [-0.25, -0.2) is 0 Å². The maximum atomic E-state index is 5.99. The molecule has 0 radical (unpaired) electrons. The Morgan fingerprint density at radius 3 is 2.61 bits per heavy atom. The van der Waals surface area contributed by atoms with Gasteiger partial charge in [-0.15, -0.1) is 0 Å². The minimum Gasteiger partial charge on any atom is -0.484 e. The summed E-state index contributed by atoms with van der Waals surface area (Å²) in [6.45, 7) is 2.48. The predicted molar refractivity (Wildman–Crippen MR) is 77.7 cm³/mol. The van der Waals surface area contributed by atoms with E-state index in [-0.39, 0.29) is 6.10 Å². The third kappa shape index (κ3) is 3.12. The minimum absolute atomic E-state index is 0.122. The van der Waals surface area contributed by atoms with Crippen molar-refractivity contribution in [3.63, 3.8) is 0 Å². The van der Waals surface area contributed by atoms with Gasteiger partial charge in [0, 0.05) is 11.0 Å². The molecule has 1 unspecified atom stereocenters. The molecule has 2 N–H and O–H groups in total. The molecule has 0 bridgehead atoms. The largest absolute Gasteiger partial charge is 0.484 e. The molecule has 0 aliphatic rings. The molecule has 0 fully saturated rings. The van der Waals surface area contributed by atoms with E-state index in [4.69, 9.17) is 10.5 Å². The summed E-state index contributed by atoms with van der Waals surface area (Å²) >= 11 is 3.46. The van der Waals surface area contributed by atoms with Crippen LogP contribution in [0.1, 0.15) is 17.2 Å². The summed E-state index contributed by atoms with van der Waals surface area (Å²) < 4.78 is 7.02. The molecule has 3 heteroatoms. The highest BCUT2D eigenvalue weighted by atomic mass is 79.9. The molecular formula is C15H16BrNO. The zero-order valence-electron chi connectivity index (χ0n) is 10.3. The van der Waals surface area contributed by atoms with Crippen molar-refractivity contribution in [2.45, 2.75) is 13.0 Å². The Morgan fingerprint density at radius 2 is 1.94 bits per heavy atom. The first-order valence-corrected chi connectivity index (χ1v) is 6.68. The Hall–Kier alpha value is -1.32. The van der Waals surface area contributed by atoms with Crippen LogP contribution >= 0.6 is 15.9 Å². The molecule has 2 rings (SSSR count). The molecule has 0 saturated heterocycles. The van der Waals surface area contributed by atoms with Crippen molar-refractivity contribution in [3.05, 3.63) is 64.1 Å². The fourth-order valence-corrected chi connectivity index (χ4v) is 2.22. The van der Waals surface area contributed by atoms with E-state index < -0.39 is 0 Å². The number of hydrogen-bond donors (Lipinski definition) is 1. The number of halogens is 1. The molecule has 0 heterocycles. The van der Waals surface area contributed by atoms with Gasteiger partial charge >= 0.3 is 0 Å². The number of ether oxygens (including phenoxy) is 1. The van der Waals surface area contributed by atoms with Gasteiger partial charge in [0.1, 0.15) is 11.9 Å². The van der Waals surface area contributed by atoms with Gasteiger partial charge in [0.15, 0.2) is 0 Å². The summed E-state index contributed by atoms with van der Waals surface area (Å²) in [5.41, 5.74) is 8.01. The third-order valence-electron chi connectivity index (χ3n) is 2.80. The van der Waals surface area contributed by atoms with Crippen molar-refractivity contribution in [3.8, 4) is 5.75 Å². The molecule has 2 nitrogen and oxygen atoms in total. The molecule has 0 aliphatic heterocycles. The van der Waals surface area contributed by atoms with Crippen molar-refractivity contribution in [2.75, 3.05) is 6.54 Å². The van der Waals surface area contributed by atoms with E-state index in [9.17, 15) is 0 Å². The first kappa shape index (κ1) is 13.1. The summed E-state index contributed by atoms with van der Waals surface area (Å²) in [5.74, 6) is 0.882. The average Bonchev–Trinajstić information content (AvgIpc) is 2.38. The number of nitrogens with two attached hydrogens (primary N) is 1. The van der Waals surface area contributed by atoms with E-state index in [1.165, 1.54) is 0 Å². The van der Waals surface area contributed by atoms with Crippen LogP contribution in [0.4, 0.5) is 0 Å². The Balaban J connectivity index is 2.23. The summed E-state index contributed by atoms with van der Waals surface area (Å²) in [7, 11) is 0. The molecule has 2 aromatic carbocycles. The van der Waals surface area contributed by atoms with Crippen molar-refractivity contribution in [1.29, 1.82) is 0 Å². The fraction of sp³-hybridized carbons (Fsp3) is 0.200. The quantitative estimate of drug-likeness (QED) is 0.931. The molecule has 2 aromatic rings. The van der Waals surface area contributed by atoms with Crippen LogP contribution in [-0.4, -0.2) is 6.54 Å². The zero-order chi connectivity index (χ0) is 13.0. The van der Waals surface area contributed by atoms with Crippen LogP contribution in [0, 0.1) is 6.92 Å². The Kier molecular flexibility index (Phi) is 4.39. The molecular weight excluding hydrogens is 290 g/mol. The van der Waals surface area contributed by atoms with Gasteiger partial charge in [0.2, 0.25) is 0 Å². The molecule has 0 amide bonds. The van der Waals surface area contributed by atoms with Crippen LogP contribution in [0.3, 0.4) is 0 Å². The second-order valence-electron chi connectivity index (χ2n) is 4.16. The summed E-state index contributed by atoms with van der Waals surface area (Å²) in [6, 6.07) is 16.0. The van der Waals surface area contributed by atoms with Gasteiger partial charge in [-0.05, 0) is 36.2 Å². The second-order valence-corrected chi connectivity index (χ2v) is 5.08. The van der Waals surface area contributed by atoms with E-state index in [0.717, 1.165) is 21.3 Å². The lowest BCUT2D eigenvalue weighted by Crippen LogP contribution is -2.18. The third-order valence-corrected chi connectivity index (χ3v) is 3.29. The predicted octanol–water partition coefficient (Wildman–Crippen LogP) is 3.84. The Bertz CT molecular complexity index is 527. The topological polar surface area (TPSA) is 35.2 Å². The highest BCUT2D eigenvalue weighted by Crippen LogP contribution is 2.25. The first-order valence-electron chi connectivity index (χ1n) is 5.88. The summed E-state index contributed by atoms with van der Waals surface area (Å²) in [6.07, 6.45) is -0.122. The van der Waals surface area contributed by atoms with Crippen molar-refractivity contribution in [1.82, 2.24) is 0 Å². The van der Waals surface area contributed by atoms with Crippen molar-refractivity contribution in [2.24, 2.45) is 5.73 Å². The van der Waals surface area contributed by atoms with Gasteiger partial charge in [-0.3, -0.25) is 0 Å². The van der Waals surface area contributed by atoms with Gasteiger partial charge in [0.25, 0.3) is 0 Å². The molecule has 0 spiro atoms. The number of hydrogen-bond acceptors (Lipinski definition) is 2. The normalized spacial score (nSPS) is 12.2. The second kappa shape index (κ2) is 6.03. The van der Waals surface area contributed by atoms with Crippen molar-refractivity contribution < 1.29 is 4.74 Å². The lowest BCUT2D eigenvalue weighted by molar-refractivity contribution is 0.212. The zero-order valence-corrected chi connectivity index (χ0v) is 11.9. The molecule has 0 aromatic heterocycles. The highest BCUT2D eigenvalue weighted by Gasteiger charge is 2.12. The van der Waals surface area contributed by atoms with Crippen LogP contribution in [0.15, 0.2) is 53.0 Å². The molecule has 0 saturated carbocycles. The van der Waals surface area contributed by atoms with Crippen LogP contribution < -0.4 is 10.5 Å². The summed E-state index contributed by atoms with van der Waals surface area (Å²) in [4.78, 5) is 0. The monoisotopic (exact) mass is 305 g/mol. The number of aryl methyl sites for hydroxylation is 1. The Morgan fingerprint density at radius 1 is 1.17 bits per heavy atom. The summed E-state index contributed by atoms with van der Waals surface area (Å²) in [5, 5.41) is 0.